The number of ketones is 1. The number of aliphatic hydroxyl groups excluding tert-OH is 1. The van der Waals surface area contributed by atoms with Crippen molar-refractivity contribution >= 4 is 17.5 Å². The Balaban J connectivity index is 2.20. The fraction of sp³-hybridized carbons (Fsp3) is 0.562. The van der Waals surface area contributed by atoms with Gasteiger partial charge in [-0.2, -0.15) is 0 Å². The molecule has 0 saturated carbocycles. The van der Waals surface area contributed by atoms with E-state index in [4.69, 9.17) is 4.74 Å². The molecule has 0 radical (unpaired) electrons. The van der Waals surface area contributed by atoms with E-state index in [0.717, 1.165) is 4.90 Å². The van der Waals surface area contributed by atoms with Gasteiger partial charge in [0.25, 0.3) is 0 Å². The van der Waals surface area contributed by atoms with Gasteiger partial charge in [0.15, 0.2) is 5.78 Å². The van der Waals surface area contributed by atoms with Gasteiger partial charge in [-0.05, 0) is 25.0 Å². The number of ether oxygens (including phenoxy) is 1. The van der Waals surface area contributed by atoms with E-state index < -0.39 is 17.6 Å². The van der Waals surface area contributed by atoms with Gasteiger partial charge in [-0.3, -0.25) is 4.79 Å². The average molecular weight is 294 g/mol. The number of rotatable bonds is 3. The molecule has 3 nitrogen and oxygen atoms in total. The van der Waals surface area contributed by atoms with E-state index >= 15 is 0 Å². The van der Waals surface area contributed by atoms with Gasteiger partial charge in [0.2, 0.25) is 0 Å². The number of hydrogen-bond acceptors (Lipinski definition) is 4. The van der Waals surface area contributed by atoms with Crippen LogP contribution in [0.25, 0.3) is 0 Å². The minimum atomic E-state index is -0.592. The molecule has 0 spiro atoms. The summed E-state index contributed by atoms with van der Waals surface area (Å²) in [6, 6.07) is 9.81. The summed E-state index contributed by atoms with van der Waals surface area (Å²) in [4.78, 5) is 12.9. The third-order valence-electron chi connectivity index (χ3n) is 4.28. The summed E-state index contributed by atoms with van der Waals surface area (Å²) in [5.41, 5.74) is -0.770. The molecule has 1 aliphatic heterocycles. The lowest BCUT2D eigenvalue weighted by molar-refractivity contribution is -0.179. The van der Waals surface area contributed by atoms with Crippen LogP contribution in [0, 0.1) is 11.3 Å². The highest BCUT2D eigenvalue weighted by Crippen LogP contribution is 2.45. The van der Waals surface area contributed by atoms with Crippen molar-refractivity contribution in [2.75, 3.05) is 0 Å². The van der Waals surface area contributed by atoms with Gasteiger partial charge >= 0.3 is 0 Å². The van der Waals surface area contributed by atoms with Gasteiger partial charge < -0.3 is 9.84 Å². The fourth-order valence-corrected chi connectivity index (χ4v) is 3.78. The van der Waals surface area contributed by atoms with Crippen molar-refractivity contribution in [1.29, 1.82) is 0 Å². The molecule has 4 unspecified atom stereocenters. The molecule has 1 aliphatic rings. The molecule has 1 fully saturated rings. The molecule has 0 aromatic heterocycles. The predicted octanol–water partition coefficient (Wildman–Crippen LogP) is 3.12. The summed E-state index contributed by atoms with van der Waals surface area (Å²) in [6.07, 6.45) is -1.06. The summed E-state index contributed by atoms with van der Waals surface area (Å²) in [5, 5.41) is 10.5. The lowest BCUT2D eigenvalue weighted by atomic mass is 9.70. The topological polar surface area (TPSA) is 46.5 Å². The predicted molar refractivity (Wildman–Crippen MR) is 80.6 cm³/mol. The normalized spacial score (nSPS) is 32.9. The van der Waals surface area contributed by atoms with Crippen molar-refractivity contribution < 1.29 is 14.6 Å². The zero-order valence-corrected chi connectivity index (χ0v) is 13.2. The van der Waals surface area contributed by atoms with Crippen molar-refractivity contribution in [1.82, 2.24) is 0 Å². The second-order valence-corrected chi connectivity index (χ2v) is 7.20. The summed E-state index contributed by atoms with van der Waals surface area (Å²) < 4.78 is 5.91. The smallest absolute Gasteiger partial charge is 0.159 e. The van der Waals surface area contributed by atoms with Crippen molar-refractivity contribution in [3.63, 3.8) is 0 Å². The number of aliphatic hydroxyl groups is 1. The number of Topliss-reactive ketones (excluding diaryl/α,β-unsaturated/α-hetero) is 1. The monoisotopic (exact) mass is 294 g/mol. The average Bonchev–Trinajstić information content (AvgIpc) is 2.40. The number of carbonyl (C=O) groups excluding carboxylic acids is 1. The van der Waals surface area contributed by atoms with E-state index in [1.807, 2.05) is 51.1 Å². The Hall–Kier alpha value is -0.840. The van der Waals surface area contributed by atoms with Crippen LogP contribution in [0.4, 0.5) is 0 Å². The van der Waals surface area contributed by atoms with Gasteiger partial charge in [0.1, 0.15) is 11.5 Å². The zero-order chi connectivity index (χ0) is 14.9. The molecule has 1 saturated heterocycles. The standard InChI is InChI=1S/C16H22O3S/c1-10-13(18)15(20-12-8-6-5-7-9-12)19-14(11(2)17)16(10,3)4/h5-10,13-15,18H,1-4H3. The zero-order valence-electron chi connectivity index (χ0n) is 12.4. The molecular formula is C16H22O3S. The van der Waals surface area contributed by atoms with Crippen LogP contribution in [0.15, 0.2) is 35.2 Å². The van der Waals surface area contributed by atoms with Gasteiger partial charge in [0.05, 0.1) is 6.10 Å². The lowest BCUT2D eigenvalue weighted by Crippen LogP contribution is -2.55. The van der Waals surface area contributed by atoms with Crippen LogP contribution in [0.2, 0.25) is 0 Å². The molecule has 110 valence electrons. The largest absolute Gasteiger partial charge is 0.389 e. The quantitative estimate of drug-likeness (QED) is 0.930. The molecule has 2 rings (SSSR count). The molecule has 4 atom stereocenters. The first-order valence-electron chi connectivity index (χ1n) is 6.89. The summed E-state index contributed by atoms with van der Waals surface area (Å²) in [6.45, 7) is 7.51. The summed E-state index contributed by atoms with van der Waals surface area (Å²) in [7, 11) is 0. The van der Waals surface area contributed by atoms with Crippen LogP contribution >= 0.6 is 11.8 Å². The molecule has 1 N–H and O–H groups in total. The minimum absolute atomic E-state index is 0.00800. The van der Waals surface area contributed by atoms with Gasteiger partial charge in [-0.25, -0.2) is 0 Å². The highest BCUT2D eigenvalue weighted by atomic mass is 32.2. The maximum atomic E-state index is 11.8. The minimum Gasteiger partial charge on any atom is -0.389 e. The molecule has 1 heterocycles. The number of hydrogen-bond donors (Lipinski definition) is 1. The van der Waals surface area contributed by atoms with Crippen LogP contribution in [0.1, 0.15) is 27.7 Å². The van der Waals surface area contributed by atoms with Crippen LogP contribution in [0.5, 0.6) is 0 Å². The van der Waals surface area contributed by atoms with Crippen LogP contribution < -0.4 is 0 Å². The van der Waals surface area contributed by atoms with E-state index in [9.17, 15) is 9.90 Å². The number of thioether (sulfide) groups is 1. The Kier molecular flexibility index (Phi) is 4.57. The Morgan fingerprint density at radius 1 is 1.30 bits per heavy atom. The Morgan fingerprint density at radius 2 is 1.90 bits per heavy atom. The SMILES string of the molecule is CC(=O)C1OC(Sc2ccccc2)C(O)C(C)C1(C)C. The summed E-state index contributed by atoms with van der Waals surface area (Å²) in [5.74, 6) is 0.0128. The van der Waals surface area contributed by atoms with Crippen LogP contribution in [-0.4, -0.2) is 28.5 Å². The molecule has 1 aromatic carbocycles. The first kappa shape index (κ1) is 15.5. The highest BCUT2D eigenvalue weighted by Gasteiger charge is 2.50. The Morgan fingerprint density at radius 3 is 2.45 bits per heavy atom. The Labute approximate surface area is 124 Å². The van der Waals surface area contributed by atoms with Crippen molar-refractivity contribution in [3.8, 4) is 0 Å². The van der Waals surface area contributed by atoms with E-state index in [2.05, 4.69) is 0 Å². The molecule has 0 bridgehead atoms. The molecule has 0 amide bonds. The second kappa shape index (κ2) is 5.88. The molecule has 4 heteroatoms. The molecule has 0 aliphatic carbocycles. The first-order valence-corrected chi connectivity index (χ1v) is 7.77. The van der Waals surface area contributed by atoms with E-state index in [-0.39, 0.29) is 17.1 Å². The maximum absolute atomic E-state index is 11.8. The Bertz CT molecular complexity index is 472. The number of carbonyl (C=O) groups is 1. The fourth-order valence-electron chi connectivity index (χ4n) is 2.65. The van der Waals surface area contributed by atoms with Gasteiger partial charge in [-0.15, -0.1) is 0 Å². The third-order valence-corrected chi connectivity index (χ3v) is 5.44. The molecule has 20 heavy (non-hydrogen) atoms. The first-order chi connectivity index (χ1) is 9.34. The number of benzene rings is 1. The van der Waals surface area contributed by atoms with Crippen molar-refractivity contribution in [2.24, 2.45) is 11.3 Å². The lowest BCUT2D eigenvalue weighted by Gasteiger charge is -2.48. The second-order valence-electron chi connectivity index (χ2n) is 6.03. The van der Waals surface area contributed by atoms with E-state index in [1.54, 1.807) is 6.92 Å². The third kappa shape index (κ3) is 2.92. The van der Waals surface area contributed by atoms with Gasteiger partial charge in [0, 0.05) is 10.3 Å². The van der Waals surface area contributed by atoms with E-state index in [1.165, 1.54) is 11.8 Å². The highest BCUT2D eigenvalue weighted by molar-refractivity contribution is 7.99. The van der Waals surface area contributed by atoms with E-state index in [0.29, 0.717) is 0 Å². The van der Waals surface area contributed by atoms with Crippen molar-refractivity contribution in [3.05, 3.63) is 30.3 Å². The van der Waals surface area contributed by atoms with Gasteiger partial charge in [-0.1, -0.05) is 50.7 Å². The molecular weight excluding hydrogens is 272 g/mol. The molecule has 1 aromatic rings. The van der Waals surface area contributed by atoms with Crippen LogP contribution in [0.3, 0.4) is 0 Å². The van der Waals surface area contributed by atoms with Crippen molar-refractivity contribution in [2.45, 2.75) is 50.2 Å². The maximum Gasteiger partial charge on any atom is 0.159 e. The van der Waals surface area contributed by atoms with Crippen LogP contribution in [-0.2, 0) is 9.53 Å². The summed E-state index contributed by atoms with van der Waals surface area (Å²) >= 11 is 1.47.